The van der Waals surface area contributed by atoms with Crippen LogP contribution in [0.25, 0.3) is 0 Å². The number of nitrogens with two attached hydrogens (primary N) is 1. The van der Waals surface area contributed by atoms with Crippen molar-refractivity contribution < 1.29 is 14.6 Å². The average Bonchev–Trinajstić information content (AvgIpc) is 2.52. The first-order valence-corrected chi connectivity index (χ1v) is 6.30. The highest BCUT2D eigenvalue weighted by molar-refractivity contribution is 5.76. The summed E-state index contributed by atoms with van der Waals surface area (Å²) >= 11 is 0. The molecule has 4 N–H and O–H groups in total. The Morgan fingerprint density at radius 1 is 1.00 bits per heavy atom. The third-order valence-corrected chi connectivity index (χ3v) is 2.97. The first-order valence-electron chi connectivity index (χ1n) is 6.30. The molecule has 0 aliphatic heterocycles. The van der Waals surface area contributed by atoms with Crippen molar-refractivity contribution in [1.29, 1.82) is 0 Å². The van der Waals surface area contributed by atoms with Gasteiger partial charge in [0.1, 0.15) is 17.1 Å². The zero-order chi connectivity index (χ0) is 17.0. The number of hydrogen-bond acceptors (Lipinski definition) is 8. The number of rotatable bonds is 6. The van der Waals surface area contributed by atoms with Gasteiger partial charge >= 0.3 is 5.69 Å². The molecular weight excluding hydrogens is 306 g/mol. The summed E-state index contributed by atoms with van der Waals surface area (Å²) in [5.74, 6) is 0.654. The van der Waals surface area contributed by atoms with Crippen LogP contribution in [0.3, 0.4) is 0 Å². The van der Waals surface area contributed by atoms with E-state index in [1.807, 2.05) is 0 Å². The smallest absolute Gasteiger partial charge is 0.301 e. The fourth-order valence-electron chi connectivity index (χ4n) is 1.82. The third kappa shape index (κ3) is 3.56. The van der Waals surface area contributed by atoms with E-state index in [1.165, 1.54) is 7.11 Å². The van der Waals surface area contributed by atoms with Crippen LogP contribution >= 0.6 is 0 Å². The normalized spacial score (nSPS) is 9.96. The van der Waals surface area contributed by atoms with Crippen molar-refractivity contribution in [3.8, 4) is 5.75 Å². The van der Waals surface area contributed by atoms with Crippen molar-refractivity contribution >= 4 is 28.4 Å². The Morgan fingerprint density at radius 3 is 2.13 bits per heavy atom. The number of nitro groups is 2. The monoisotopic (exact) mass is 319 g/mol. The molecule has 0 radical (unpaired) electrons. The summed E-state index contributed by atoms with van der Waals surface area (Å²) in [6.45, 7) is 0. The van der Waals surface area contributed by atoms with Gasteiger partial charge in [-0.1, -0.05) is 0 Å². The lowest BCUT2D eigenvalue weighted by Crippen LogP contribution is -2.11. The number of methoxy groups -OCH3 is 1. The zero-order valence-electron chi connectivity index (χ0n) is 12.0. The lowest BCUT2D eigenvalue weighted by atomic mass is 10.2. The van der Waals surface area contributed by atoms with E-state index in [-0.39, 0.29) is 11.4 Å². The predicted molar refractivity (Wildman–Crippen MR) is 84.4 cm³/mol. The molecule has 0 bridgehead atoms. The topological polar surface area (TPSA) is 146 Å². The van der Waals surface area contributed by atoms with Gasteiger partial charge < -0.3 is 15.9 Å². The highest BCUT2D eigenvalue weighted by Crippen LogP contribution is 2.34. The van der Waals surface area contributed by atoms with E-state index in [0.29, 0.717) is 11.4 Å². The second-order valence-electron chi connectivity index (χ2n) is 4.42. The van der Waals surface area contributed by atoms with Gasteiger partial charge in [0.25, 0.3) is 5.69 Å². The quantitative estimate of drug-likeness (QED) is 0.418. The number of anilines is 3. The Hall–Kier alpha value is -3.56. The van der Waals surface area contributed by atoms with Gasteiger partial charge in [0.2, 0.25) is 0 Å². The number of hydrazine groups is 1. The zero-order valence-corrected chi connectivity index (χ0v) is 12.0. The summed E-state index contributed by atoms with van der Waals surface area (Å²) in [5.41, 5.74) is 10.4. The fraction of sp³-hybridized carbons (Fsp3) is 0.0769. The van der Waals surface area contributed by atoms with Gasteiger partial charge in [-0.15, -0.1) is 0 Å². The van der Waals surface area contributed by atoms with Gasteiger partial charge in [-0.3, -0.25) is 25.7 Å². The second-order valence-corrected chi connectivity index (χ2v) is 4.42. The van der Waals surface area contributed by atoms with Gasteiger partial charge in [0, 0.05) is 6.07 Å². The number of nitrogens with one attached hydrogen (secondary N) is 2. The Bertz CT molecular complexity index is 747. The average molecular weight is 319 g/mol. The van der Waals surface area contributed by atoms with E-state index in [2.05, 4.69) is 10.9 Å². The first kappa shape index (κ1) is 15.8. The largest absolute Gasteiger partial charge is 0.497 e. The fourth-order valence-corrected chi connectivity index (χ4v) is 1.82. The Kier molecular flexibility index (Phi) is 4.45. The summed E-state index contributed by atoms with van der Waals surface area (Å²) in [6, 6.07) is 8.71. The van der Waals surface area contributed by atoms with E-state index in [9.17, 15) is 20.2 Å². The summed E-state index contributed by atoms with van der Waals surface area (Å²) in [4.78, 5) is 20.4. The molecule has 0 aliphatic rings. The van der Waals surface area contributed by atoms with E-state index in [0.717, 1.165) is 12.1 Å². The summed E-state index contributed by atoms with van der Waals surface area (Å²) < 4.78 is 5.02. The van der Waals surface area contributed by atoms with Crippen LogP contribution in [-0.2, 0) is 0 Å². The second kappa shape index (κ2) is 6.47. The summed E-state index contributed by atoms with van der Waals surface area (Å²) in [6.07, 6.45) is 0. The van der Waals surface area contributed by atoms with Crippen LogP contribution in [0.4, 0.5) is 28.4 Å². The molecule has 2 aromatic rings. The van der Waals surface area contributed by atoms with E-state index in [1.54, 1.807) is 24.3 Å². The maximum atomic E-state index is 11.1. The summed E-state index contributed by atoms with van der Waals surface area (Å²) in [7, 11) is 1.53. The summed E-state index contributed by atoms with van der Waals surface area (Å²) in [5, 5.41) is 21.9. The first-order chi connectivity index (χ1) is 10.9. The Labute approximate surface area is 130 Å². The molecule has 0 fully saturated rings. The molecule has 0 atom stereocenters. The Morgan fingerprint density at radius 2 is 1.61 bits per heavy atom. The molecule has 120 valence electrons. The minimum atomic E-state index is -0.775. The lowest BCUT2D eigenvalue weighted by Gasteiger charge is -2.11. The molecule has 23 heavy (non-hydrogen) atoms. The van der Waals surface area contributed by atoms with Crippen LogP contribution in [-0.4, -0.2) is 17.0 Å². The van der Waals surface area contributed by atoms with Crippen molar-refractivity contribution in [3.63, 3.8) is 0 Å². The van der Waals surface area contributed by atoms with Gasteiger partial charge in [-0.05, 0) is 24.3 Å². The maximum absolute atomic E-state index is 11.1. The van der Waals surface area contributed by atoms with E-state index >= 15 is 0 Å². The minimum Gasteiger partial charge on any atom is -0.497 e. The number of nitrogens with zero attached hydrogens (tertiary/aromatic N) is 2. The molecule has 0 amide bonds. The molecule has 0 heterocycles. The van der Waals surface area contributed by atoms with Crippen LogP contribution in [0.5, 0.6) is 5.75 Å². The third-order valence-electron chi connectivity index (χ3n) is 2.97. The van der Waals surface area contributed by atoms with Crippen LogP contribution in [0.2, 0.25) is 0 Å². The number of hydrogen-bond donors (Lipinski definition) is 3. The molecule has 0 unspecified atom stereocenters. The number of nitro benzene ring substituents is 2. The van der Waals surface area contributed by atoms with Crippen LogP contribution < -0.4 is 21.3 Å². The minimum absolute atomic E-state index is 0.00826. The van der Waals surface area contributed by atoms with Gasteiger partial charge in [-0.2, -0.15) is 0 Å². The van der Waals surface area contributed by atoms with Crippen molar-refractivity contribution in [3.05, 3.63) is 56.6 Å². The molecule has 0 spiro atoms. The van der Waals surface area contributed by atoms with E-state index in [4.69, 9.17) is 10.5 Å². The molecular formula is C13H13N5O5. The van der Waals surface area contributed by atoms with Crippen LogP contribution in [0.15, 0.2) is 36.4 Å². The van der Waals surface area contributed by atoms with Crippen molar-refractivity contribution in [1.82, 2.24) is 0 Å². The van der Waals surface area contributed by atoms with Gasteiger partial charge in [0.15, 0.2) is 0 Å². The van der Waals surface area contributed by atoms with Crippen LogP contribution in [0, 0.1) is 20.2 Å². The predicted octanol–water partition coefficient (Wildman–Crippen LogP) is 2.53. The van der Waals surface area contributed by atoms with Crippen molar-refractivity contribution in [2.45, 2.75) is 0 Å². The standard InChI is InChI=1S/C13H13N5O5/c1-23-9-4-2-8(3-5-9)15-16-11-6-10(14)12(17(19)20)7-13(11)18(21)22/h2-7,15-16H,14H2,1H3. The van der Waals surface area contributed by atoms with E-state index < -0.39 is 21.2 Å². The highest BCUT2D eigenvalue weighted by atomic mass is 16.6. The SMILES string of the molecule is COc1ccc(NNc2cc(N)c([N+](=O)[O-])cc2[N+](=O)[O-])cc1. The molecule has 0 saturated heterocycles. The van der Waals surface area contributed by atoms with Gasteiger partial charge in [0.05, 0.1) is 28.7 Å². The van der Waals surface area contributed by atoms with Gasteiger partial charge in [-0.25, -0.2) is 0 Å². The highest BCUT2D eigenvalue weighted by Gasteiger charge is 2.23. The molecule has 2 aromatic carbocycles. The number of benzene rings is 2. The molecule has 2 rings (SSSR count). The number of nitrogen functional groups attached to an aromatic ring is 1. The molecule has 0 aliphatic carbocycles. The molecule has 0 aromatic heterocycles. The van der Waals surface area contributed by atoms with Crippen molar-refractivity contribution in [2.75, 3.05) is 23.7 Å². The Balaban J connectivity index is 2.25. The van der Waals surface area contributed by atoms with Crippen molar-refractivity contribution in [2.24, 2.45) is 0 Å². The van der Waals surface area contributed by atoms with Crippen LogP contribution in [0.1, 0.15) is 0 Å². The molecule has 10 heteroatoms. The molecule has 0 saturated carbocycles. The molecule has 10 nitrogen and oxygen atoms in total. The number of ether oxygens (including phenoxy) is 1. The lowest BCUT2D eigenvalue weighted by molar-refractivity contribution is -0.393. The maximum Gasteiger partial charge on any atom is 0.301 e.